The number of hydrogen-bond donors (Lipinski definition) is 1. The van der Waals surface area contributed by atoms with Crippen LogP contribution in [0.5, 0.6) is 5.75 Å². The molecule has 20 heavy (non-hydrogen) atoms. The van der Waals surface area contributed by atoms with E-state index < -0.39 is 0 Å². The van der Waals surface area contributed by atoms with Crippen molar-refractivity contribution in [1.82, 2.24) is 5.32 Å². The van der Waals surface area contributed by atoms with E-state index in [9.17, 15) is 0 Å². The molecule has 1 aromatic heterocycles. The third kappa shape index (κ3) is 3.11. The molecule has 0 radical (unpaired) electrons. The SMILES string of the molecule is CNC(c1cc(Br)sc1Br)c1c(C)cc(C)cc1OC. The lowest BCUT2D eigenvalue weighted by atomic mass is 9.94. The lowest BCUT2D eigenvalue weighted by Crippen LogP contribution is -2.19. The first-order valence-corrected chi connectivity index (χ1v) is 8.65. The monoisotopic (exact) mass is 417 g/mol. The van der Waals surface area contributed by atoms with E-state index in [4.69, 9.17) is 4.74 Å². The average Bonchev–Trinajstić information content (AvgIpc) is 2.71. The van der Waals surface area contributed by atoms with Crippen LogP contribution in [0.25, 0.3) is 0 Å². The number of hydrogen-bond acceptors (Lipinski definition) is 3. The molecule has 1 atom stereocenters. The second kappa shape index (κ2) is 6.60. The topological polar surface area (TPSA) is 21.3 Å². The molecule has 0 saturated carbocycles. The molecule has 0 aliphatic heterocycles. The molecule has 0 fully saturated rings. The van der Waals surface area contributed by atoms with Crippen molar-refractivity contribution in [2.75, 3.05) is 14.2 Å². The Morgan fingerprint density at radius 1 is 1.20 bits per heavy atom. The van der Waals surface area contributed by atoms with Gasteiger partial charge in [-0.2, -0.15) is 0 Å². The van der Waals surface area contributed by atoms with Crippen molar-refractivity contribution in [1.29, 1.82) is 0 Å². The number of nitrogens with one attached hydrogen (secondary N) is 1. The first kappa shape index (κ1) is 16.0. The minimum absolute atomic E-state index is 0.0995. The van der Waals surface area contributed by atoms with Gasteiger partial charge < -0.3 is 10.1 Å². The largest absolute Gasteiger partial charge is 0.496 e. The zero-order valence-electron chi connectivity index (χ0n) is 11.9. The molecule has 0 aliphatic carbocycles. The van der Waals surface area contributed by atoms with Gasteiger partial charge in [0.05, 0.1) is 20.7 Å². The first-order valence-electron chi connectivity index (χ1n) is 6.25. The molecule has 1 N–H and O–H groups in total. The van der Waals surface area contributed by atoms with Crippen LogP contribution < -0.4 is 10.1 Å². The van der Waals surface area contributed by atoms with Gasteiger partial charge in [0.15, 0.2) is 0 Å². The van der Waals surface area contributed by atoms with Gasteiger partial charge in [-0.05, 0) is 81.6 Å². The zero-order valence-corrected chi connectivity index (χ0v) is 15.9. The third-order valence-corrected chi connectivity index (χ3v) is 5.67. The van der Waals surface area contributed by atoms with Crippen LogP contribution >= 0.6 is 43.2 Å². The van der Waals surface area contributed by atoms with E-state index in [0.29, 0.717) is 0 Å². The highest BCUT2D eigenvalue weighted by Crippen LogP contribution is 2.41. The van der Waals surface area contributed by atoms with Gasteiger partial charge in [0.1, 0.15) is 5.75 Å². The summed E-state index contributed by atoms with van der Waals surface area (Å²) in [6.45, 7) is 4.22. The summed E-state index contributed by atoms with van der Waals surface area (Å²) >= 11 is 8.88. The molecule has 108 valence electrons. The van der Waals surface area contributed by atoms with Gasteiger partial charge in [-0.1, -0.05) is 6.07 Å². The fraction of sp³-hybridized carbons (Fsp3) is 0.333. The molecule has 0 amide bonds. The van der Waals surface area contributed by atoms with Crippen molar-refractivity contribution in [3.05, 3.63) is 48.0 Å². The summed E-state index contributed by atoms with van der Waals surface area (Å²) in [5, 5.41) is 3.40. The summed E-state index contributed by atoms with van der Waals surface area (Å²) in [6.07, 6.45) is 0. The maximum atomic E-state index is 5.59. The number of methoxy groups -OCH3 is 1. The normalized spacial score (nSPS) is 12.5. The predicted octanol–water partition coefficient (Wildman–Crippen LogP) is 5.21. The van der Waals surface area contributed by atoms with Crippen molar-refractivity contribution >= 4 is 43.2 Å². The van der Waals surface area contributed by atoms with Gasteiger partial charge in [0.2, 0.25) is 0 Å². The van der Waals surface area contributed by atoms with Gasteiger partial charge in [-0.15, -0.1) is 11.3 Å². The molecule has 0 spiro atoms. The van der Waals surface area contributed by atoms with Crippen molar-refractivity contribution in [3.8, 4) is 5.75 Å². The van der Waals surface area contributed by atoms with E-state index in [1.165, 1.54) is 22.3 Å². The van der Waals surface area contributed by atoms with Gasteiger partial charge in [0, 0.05) is 5.56 Å². The average molecular weight is 419 g/mol. The van der Waals surface area contributed by atoms with Crippen LogP contribution in [0.2, 0.25) is 0 Å². The molecule has 0 aliphatic rings. The van der Waals surface area contributed by atoms with E-state index in [-0.39, 0.29) is 6.04 Å². The second-order valence-electron chi connectivity index (χ2n) is 4.70. The van der Waals surface area contributed by atoms with Crippen LogP contribution in [0.15, 0.2) is 25.8 Å². The van der Waals surface area contributed by atoms with E-state index in [0.717, 1.165) is 13.3 Å². The number of thiophene rings is 1. The van der Waals surface area contributed by atoms with Gasteiger partial charge in [0.25, 0.3) is 0 Å². The van der Waals surface area contributed by atoms with Crippen molar-refractivity contribution in [2.24, 2.45) is 0 Å². The van der Waals surface area contributed by atoms with E-state index in [1.807, 2.05) is 7.05 Å². The quantitative estimate of drug-likeness (QED) is 0.735. The van der Waals surface area contributed by atoms with Crippen LogP contribution in [-0.2, 0) is 0 Å². The number of benzene rings is 1. The number of aryl methyl sites for hydroxylation is 2. The number of rotatable bonds is 4. The van der Waals surface area contributed by atoms with Crippen molar-refractivity contribution in [3.63, 3.8) is 0 Å². The minimum atomic E-state index is 0.0995. The van der Waals surface area contributed by atoms with Crippen LogP contribution in [0, 0.1) is 13.8 Å². The Balaban J connectivity index is 2.60. The first-order chi connectivity index (χ1) is 9.47. The lowest BCUT2D eigenvalue weighted by molar-refractivity contribution is 0.404. The van der Waals surface area contributed by atoms with Crippen LogP contribution in [-0.4, -0.2) is 14.2 Å². The van der Waals surface area contributed by atoms with E-state index in [1.54, 1.807) is 18.4 Å². The van der Waals surface area contributed by atoms with Gasteiger partial charge in [-0.25, -0.2) is 0 Å². The lowest BCUT2D eigenvalue weighted by Gasteiger charge is -2.22. The van der Waals surface area contributed by atoms with Crippen LogP contribution in [0.4, 0.5) is 0 Å². The van der Waals surface area contributed by atoms with Gasteiger partial charge >= 0.3 is 0 Å². The summed E-state index contributed by atoms with van der Waals surface area (Å²) in [6, 6.07) is 6.52. The summed E-state index contributed by atoms with van der Waals surface area (Å²) < 4.78 is 7.84. The Labute approximate surface area is 140 Å². The van der Waals surface area contributed by atoms with Crippen molar-refractivity contribution in [2.45, 2.75) is 19.9 Å². The Hall–Kier alpha value is -0.360. The molecular formula is C15H17Br2NOS. The summed E-state index contributed by atoms with van der Waals surface area (Å²) in [5.41, 5.74) is 4.85. The molecular weight excluding hydrogens is 402 g/mol. The smallest absolute Gasteiger partial charge is 0.124 e. The molecule has 5 heteroatoms. The minimum Gasteiger partial charge on any atom is -0.496 e. The fourth-order valence-electron chi connectivity index (χ4n) is 2.48. The van der Waals surface area contributed by atoms with Crippen LogP contribution in [0.3, 0.4) is 0 Å². The van der Waals surface area contributed by atoms with Crippen LogP contribution in [0.1, 0.15) is 28.3 Å². The molecule has 0 bridgehead atoms. The molecule has 0 saturated heterocycles. The molecule has 1 aromatic carbocycles. The van der Waals surface area contributed by atoms with E-state index in [2.05, 4.69) is 69.2 Å². The van der Waals surface area contributed by atoms with Gasteiger partial charge in [-0.3, -0.25) is 0 Å². The maximum Gasteiger partial charge on any atom is 0.124 e. The maximum absolute atomic E-state index is 5.59. The summed E-state index contributed by atoms with van der Waals surface area (Å²) in [5.74, 6) is 0.927. The third-order valence-electron chi connectivity index (χ3n) is 3.28. The Bertz CT molecular complexity index is 625. The Kier molecular flexibility index (Phi) is 5.29. The predicted molar refractivity (Wildman–Crippen MR) is 93.1 cm³/mol. The fourth-order valence-corrected chi connectivity index (χ4v) is 5.39. The number of halogens is 2. The highest BCUT2D eigenvalue weighted by molar-refractivity contribution is 9.12. The Morgan fingerprint density at radius 2 is 1.90 bits per heavy atom. The molecule has 1 heterocycles. The van der Waals surface area contributed by atoms with E-state index >= 15 is 0 Å². The molecule has 2 aromatic rings. The molecule has 1 unspecified atom stereocenters. The zero-order chi connectivity index (χ0) is 14.9. The standard InChI is InChI=1S/C15H17Br2NOS/c1-8-5-9(2)13(11(6-8)19-4)14(18-3)10-7-12(16)20-15(10)17/h5-7,14,18H,1-4H3. The summed E-state index contributed by atoms with van der Waals surface area (Å²) in [4.78, 5) is 0. The number of ether oxygens (including phenoxy) is 1. The second-order valence-corrected chi connectivity index (χ2v) is 8.45. The highest BCUT2D eigenvalue weighted by Gasteiger charge is 2.23. The molecule has 2 nitrogen and oxygen atoms in total. The summed E-state index contributed by atoms with van der Waals surface area (Å²) in [7, 11) is 3.70. The van der Waals surface area contributed by atoms with Crippen molar-refractivity contribution < 1.29 is 4.74 Å². The highest BCUT2D eigenvalue weighted by atomic mass is 79.9. The molecule has 2 rings (SSSR count). The Morgan fingerprint density at radius 3 is 2.40 bits per heavy atom.